The lowest BCUT2D eigenvalue weighted by Gasteiger charge is -2.25. The van der Waals surface area contributed by atoms with Crippen molar-refractivity contribution in [3.63, 3.8) is 0 Å². The van der Waals surface area contributed by atoms with Crippen molar-refractivity contribution in [3.8, 4) is 0 Å². The van der Waals surface area contributed by atoms with E-state index in [2.05, 4.69) is 15.9 Å². The Morgan fingerprint density at radius 1 is 1.29 bits per heavy atom. The SMILES string of the molecule is NC(CC1CCCCC1)c1ccc(Br)cc1Cl. The third-order valence-corrected chi connectivity index (χ3v) is 4.49. The minimum Gasteiger partial charge on any atom is -0.324 e. The summed E-state index contributed by atoms with van der Waals surface area (Å²) >= 11 is 9.65. The maximum Gasteiger partial charge on any atom is 0.0464 e. The molecular formula is C14H19BrClN. The molecule has 0 heterocycles. The molecule has 0 aromatic heterocycles. The molecule has 1 aromatic carbocycles. The van der Waals surface area contributed by atoms with Crippen LogP contribution < -0.4 is 5.73 Å². The Morgan fingerprint density at radius 2 is 2.00 bits per heavy atom. The predicted molar refractivity (Wildman–Crippen MR) is 77.3 cm³/mol. The maximum atomic E-state index is 6.28. The molecule has 2 rings (SSSR count). The van der Waals surface area contributed by atoms with Crippen LogP contribution in [0.15, 0.2) is 22.7 Å². The molecule has 0 spiro atoms. The lowest BCUT2D eigenvalue weighted by atomic mass is 9.83. The number of rotatable bonds is 3. The Balaban J connectivity index is 2.00. The molecule has 1 fully saturated rings. The monoisotopic (exact) mass is 315 g/mol. The number of hydrogen-bond acceptors (Lipinski definition) is 1. The van der Waals surface area contributed by atoms with Gasteiger partial charge in [0.15, 0.2) is 0 Å². The van der Waals surface area contributed by atoms with Gasteiger partial charge in [0.2, 0.25) is 0 Å². The van der Waals surface area contributed by atoms with E-state index in [0.29, 0.717) is 0 Å². The van der Waals surface area contributed by atoms with Crippen molar-refractivity contribution in [3.05, 3.63) is 33.3 Å². The summed E-state index contributed by atoms with van der Waals surface area (Å²) in [5.74, 6) is 0.790. The van der Waals surface area contributed by atoms with E-state index in [1.807, 2.05) is 18.2 Å². The van der Waals surface area contributed by atoms with Crippen molar-refractivity contribution >= 4 is 27.5 Å². The van der Waals surface area contributed by atoms with Crippen molar-refractivity contribution in [2.24, 2.45) is 11.7 Å². The second-order valence-electron chi connectivity index (χ2n) is 5.01. The molecule has 3 heteroatoms. The van der Waals surface area contributed by atoms with E-state index >= 15 is 0 Å². The average Bonchev–Trinajstić information content (AvgIpc) is 2.30. The molecule has 0 amide bonds. The van der Waals surface area contributed by atoms with E-state index in [9.17, 15) is 0 Å². The highest BCUT2D eigenvalue weighted by molar-refractivity contribution is 9.10. The minimum absolute atomic E-state index is 0.0821. The number of halogens is 2. The first-order chi connectivity index (χ1) is 8.16. The van der Waals surface area contributed by atoms with Gasteiger partial charge in [-0.2, -0.15) is 0 Å². The highest BCUT2D eigenvalue weighted by Crippen LogP contribution is 2.33. The van der Waals surface area contributed by atoms with E-state index in [1.165, 1.54) is 32.1 Å². The lowest BCUT2D eigenvalue weighted by Crippen LogP contribution is -2.17. The topological polar surface area (TPSA) is 26.0 Å². The van der Waals surface area contributed by atoms with Gasteiger partial charge in [0.1, 0.15) is 0 Å². The first-order valence-corrected chi connectivity index (χ1v) is 7.54. The van der Waals surface area contributed by atoms with Gasteiger partial charge in [-0.1, -0.05) is 65.7 Å². The summed E-state index contributed by atoms with van der Waals surface area (Å²) in [6.07, 6.45) is 7.87. The Hall–Kier alpha value is -0.0500. The standard InChI is InChI=1S/C14H19BrClN/c15-11-6-7-12(13(16)9-11)14(17)8-10-4-2-1-3-5-10/h6-7,9-10,14H,1-5,8,17H2. The van der Waals surface area contributed by atoms with Crippen LogP contribution in [-0.4, -0.2) is 0 Å². The molecule has 1 aromatic rings. The highest BCUT2D eigenvalue weighted by Gasteiger charge is 2.19. The van der Waals surface area contributed by atoms with Crippen molar-refractivity contribution in [2.45, 2.75) is 44.6 Å². The molecular weight excluding hydrogens is 298 g/mol. The molecule has 2 N–H and O–H groups in total. The summed E-state index contributed by atoms with van der Waals surface area (Å²) < 4.78 is 1.01. The third-order valence-electron chi connectivity index (χ3n) is 3.67. The minimum atomic E-state index is 0.0821. The van der Waals surface area contributed by atoms with Gasteiger partial charge in [-0.25, -0.2) is 0 Å². The average molecular weight is 317 g/mol. The van der Waals surface area contributed by atoms with Crippen molar-refractivity contribution in [1.29, 1.82) is 0 Å². The Kier molecular flexibility index (Phi) is 4.89. The molecule has 1 unspecified atom stereocenters. The van der Waals surface area contributed by atoms with Crippen LogP contribution in [0, 0.1) is 5.92 Å². The van der Waals surface area contributed by atoms with Gasteiger partial charge in [0.05, 0.1) is 0 Å². The van der Waals surface area contributed by atoms with Gasteiger partial charge < -0.3 is 5.73 Å². The number of nitrogens with two attached hydrogens (primary N) is 1. The van der Waals surface area contributed by atoms with Gasteiger partial charge in [0.25, 0.3) is 0 Å². The van der Waals surface area contributed by atoms with Crippen LogP contribution in [0.3, 0.4) is 0 Å². The molecule has 0 aliphatic heterocycles. The zero-order chi connectivity index (χ0) is 12.3. The Morgan fingerprint density at radius 3 is 2.65 bits per heavy atom. The maximum absolute atomic E-state index is 6.28. The van der Waals surface area contributed by atoms with Crippen molar-refractivity contribution < 1.29 is 0 Å². The van der Waals surface area contributed by atoms with Gasteiger partial charge in [-0.15, -0.1) is 0 Å². The lowest BCUT2D eigenvalue weighted by molar-refractivity contribution is 0.319. The fourth-order valence-electron chi connectivity index (χ4n) is 2.71. The van der Waals surface area contributed by atoms with Crippen LogP contribution >= 0.6 is 27.5 Å². The molecule has 1 nitrogen and oxygen atoms in total. The molecule has 1 aliphatic carbocycles. The summed E-state index contributed by atoms with van der Waals surface area (Å²) in [4.78, 5) is 0. The summed E-state index contributed by atoms with van der Waals surface area (Å²) in [5, 5.41) is 0.780. The third kappa shape index (κ3) is 3.70. The van der Waals surface area contributed by atoms with E-state index < -0.39 is 0 Å². The Labute approximate surface area is 117 Å². The molecule has 0 bridgehead atoms. The van der Waals surface area contributed by atoms with Gasteiger partial charge in [-0.3, -0.25) is 0 Å². The van der Waals surface area contributed by atoms with Gasteiger partial charge in [-0.05, 0) is 30.0 Å². The highest BCUT2D eigenvalue weighted by atomic mass is 79.9. The van der Waals surface area contributed by atoms with Gasteiger partial charge >= 0.3 is 0 Å². The van der Waals surface area contributed by atoms with E-state index in [0.717, 1.165) is 27.4 Å². The molecule has 1 saturated carbocycles. The second-order valence-corrected chi connectivity index (χ2v) is 6.33. The van der Waals surface area contributed by atoms with Crippen LogP contribution in [0.1, 0.15) is 50.1 Å². The summed E-state index contributed by atoms with van der Waals surface area (Å²) in [7, 11) is 0. The normalized spacial score (nSPS) is 19.2. The van der Waals surface area contributed by atoms with E-state index in [-0.39, 0.29) is 6.04 Å². The van der Waals surface area contributed by atoms with Crippen LogP contribution in [-0.2, 0) is 0 Å². The molecule has 0 radical (unpaired) electrons. The largest absolute Gasteiger partial charge is 0.324 e. The van der Waals surface area contributed by atoms with Crippen molar-refractivity contribution in [2.75, 3.05) is 0 Å². The fourth-order valence-corrected chi connectivity index (χ4v) is 3.52. The number of benzene rings is 1. The smallest absolute Gasteiger partial charge is 0.0464 e. The number of hydrogen-bond donors (Lipinski definition) is 1. The van der Waals surface area contributed by atoms with Crippen LogP contribution in [0.5, 0.6) is 0 Å². The van der Waals surface area contributed by atoms with Crippen LogP contribution in [0.2, 0.25) is 5.02 Å². The zero-order valence-electron chi connectivity index (χ0n) is 9.96. The summed E-state index contributed by atoms with van der Waals surface area (Å²) in [6, 6.07) is 6.07. The first kappa shape index (κ1) is 13.4. The van der Waals surface area contributed by atoms with Crippen LogP contribution in [0.25, 0.3) is 0 Å². The van der Waals surface area contributed by atoms with Crippen LogP contribution in [0.4, 0.5) is 0 Å². The Bertz CT molecular complexity index is 374. The quantitative estimate of drug-likeness (QED) is 0.827. The van der Waals surface area contributed by atoms with E-state index in [4.69, 9.17) is 17.3 Å². The van der Waals surface area contributed by atoms with Gasteiger partial charge in [0, 0.05) is 15.5 Å². The predicted octanol–water partition coefficient (Wildman–Crippen LogP) is 5.07. The molecule has 1 aliphatic rings. The zero-order valence-corrected chi connectivity index (χ0v) is 12.3. The van der Waals surface area contributed by atoms with Crippen molar-refractivity contribution in [1.82, 2.24) is 0 Å². The fraction of sp³-hybridized carbons (Fsp3) is 0.571. The molecule has 1 atom stereocenters. The summed E-state index contributed by atoms with van der Waals surface area (Å²) in [5.41, 5.74) is 7.36. The molecule has 94 valence electrons. The summed E-state index contributed by atoms with van der Waals surface area (Å²) in [6.45, 7) is 0. The molecule has 17 heavy (non-hydrogen) atoms. The molecule has 0 saturated heterocycles. The first-order valence-electron chi connectivity index (χ1n) is 6.37. The van der Waals surface area contributed by atoms with E-state index in [1.54, 1.807) is 0 Å². The second kappa shape index (κ2) is 6.21.